The van der Waals surface area contributed by atoms with Gasteiger partial charge in [-0.05, 0) is 6.92 Å². The molecule has 20 heavy (non-hydrogen) atoms. The van der Waals surface area contributed by atoms with Crippen LogP contribution in [0.5, 0.6) is 0 Å². The highest BCUT2D eigenvalue weighted by Gasteiger charge is 2.31. The Hall–Kier alpha value is -1.94. The van der Waals surface area contributed by atoms with E-state index in [4.69, 9.17) is 4.89 Å². The van der Waals surface area contributed by atoms with Gasteiger partial charge in [-0.15, -0.1) is 0 Å². The van der Waals surface area contributed by atoms with E-state index in [1.807, 2.05) is 27.7 Å². The number of ketones is 2. The number of benzene rings is 1. The summed E-state index contributed by atoms with van der Waals surface area (Å²) in [4.78, 5) is 33.0. The van der Waals surface area contributed by atoms with Crippen LogP contribution in [-0.2, 0) is 9.78 Å². The van der Waals surface area contributed by atoms with Crippen molar-refractivity contribution in [3.8, 4) is 0 Å². The van der Waals surface area contributed by atoms with Gasteiger partial charge in [-0.1, -0.05) is 52.0 Å². The fourth-order valence-corrected chi connectivity index (χ4v) is 1.66. The highest BCUT2D eigenvalue weighted by molar-refractivity contribution is 6.25. The molecule has 4 nitrogen and oxygen atoms in total. The van der Waals surface area contributed by atoms with Gasteiger partial charge in [0.1, 0.15) is 0 Å². The van der Waals surface area contributed by atoms with Crippen LogP contribution in [0.15, 0.2) is 35.6 Å². The topological polar surface area (TPSA) is 52.6 Å². The van der Waals surface area contributed by atoms with E-state index in [0.29, 0.717) is 11.1 Å². The first-order valence-electron chi connectivity index (χ1n) is 6.76. The molecule has 0 N–H and O–H groups in total. The van der Waals surface area contributed by atoms with E-state index in [1.54, 1.807) is 31.2 Å². The lowest BCUT2D eigenvalue weighted by atomic mass is 9.89. The van der Waals surface area contributed by atoms with Crippen LogP contribution in [-0.4, -0.2) is 18.7 Å². The molecule has 0 aliphatic heterocycles. The summed E-state index contributed by atoms with van der Waals surface area (Å²) in [7, 11) is 1.29. The quantitative estimate of drug-likeness (QED) is 0.606. The Morgan fingerprint density at radius 1 is 0.850 bits per heavy atom. The van der Waals surface area contributed by atoms with Gasteiger partial charge < -0.3 is 4.89 Å². The van der Waals surface area contributed by atoms with Crippen molar-refractivity contribution in [1.29, 1.82) is 0 Å². The Kier molecular flexibility index (Phi) is 8.16. The molecule has 1 aliphatic rings. The maximum Gasteiger partial charge on any atom is 0.232 e. The molecule has 4 heteroatoms. The molecular formula is C16H22O4. The van der Waals surface area contributed by atoms with Crippen LogP contribution in [0, 0.1) is 0 Å². The van der Waals surface area contributed by atoms with Gasteiger partial charge in [-0.3, -0.25) is 9.59 Å². The second kappa shape index (κ2) is 9.04. The van der Waals surface area contributed by atoms with Crippen LogP contribution in [0.1, 0.15) is 55.3 Å². The number of rotatable bonds is 2. The Morgan fingerprint density at radius 3 is 1.75 bits per heavy atom. The molecule has 0 bridgehead atoms. The lowest BCUT2D eigenvalue weighted by Crippen LogP contribution is -2.22. The molecule has 0 saturated heterocycles. The molecule has 1 aromatic rings. The zero-order chi connectivity index (χ0) is 15.7. The molecule has 0 atom stereocenters. The zero-order valence-corrected chi connectivity index (χ0v) is 12.9. The van der Waals surface area contributed by atoms with Gasteiger partial charge in [-0.25, -0.2) is 0 Å². The first-order valence-corrected chi connectivity index (χ1v) is 6.76. The predicted octanol–water partition coefficient (Wildman–Crippen LogP) is 3.97. The number of allylic oxidation sites excluding steroid dienone is 2. The molecule has 0 radical (unpaired) electrons. The Bertz CT molecular complexity index is 501. The van der Waals surface area contributed by atoms with Crippen LogP contribution in [0.25, 0.3) is 0 Å². The lowest BCUT2D eigenvalue weighted by molar-refractivity contribution is -0.233. The van der Waals surface area contributed by atoms with E-state index in [1.165, 1.54) is 7.11 Å². The molecule has 110 valence electrons. The van der Waals surface area contributed by atoms with Crippen molar-refractivity contribution in [2.75, 3.05) is 7.11 Å². The third-order valence-electron chi connectivity index (χ3n) is 2.47. The van der Waals surface area contributed by atoms with Gasteiger partial charge in [0.2, 0.25) is 11.5 Å². The number of carbonyl (C=O) groups excluding carboxylic acids is 2. The first-order chi connectivity index (χ1) is 9.66. The fourth-order valence-electron chi connectivity index (χ4n) is 1.66. The zero-order valence-electron chi connectivity index (χ0n) is 12.9. The average molecular weight is 278 g/mol. The van der Waals surface area contributed by atoms with Gasteiger partial charge in [0.05, 0.1) is 7.11 Å². The van der Waals surface area contributed by atoms with E-state index in [9.17, 15) is 9.59 Å². The molecule has 0 aromatic heterocycles. The largest absolute Gasteiger partial charge is 0.333 e. The number of hydrogen-bond acceptors (Lipinski definition) is 4. The van der Waals surface area contributed by atoms with Crippen molar-refractivity contribution in [2.45, 2.75) is 34.6 Å². The summed E-state index contributed by atoms with van der Waals surface area (Å²) >= 11 is 0. The van der Waals surface area contributed by atoms with Gasteiger partial charge >= 0.3 is 0 Å². The van der Waals surface area contributed by atoms with Crippen LogP contribution in [0.4, 0.5) is 0 Å². The smallest absolute Gasteiger partial charge is 0.232 e. The Morgan fingerprint density at radius 2 is 1.30 bits per heavy atom. The minimum atomic E-state index is -0.324. The predicted molar refractivity (Wildman–Crippen MR) is 78.6 cm³/mol. The number of carbonyl (C=O) groups is 2. The minimum Gasteiger partial charge on any atom is -0.333 e. The van der Waals surface area contributed by atoms with Gasteiger partial charge in [0.25, 0.3) is 0 Å². The van der Waals surface area contributed by atoms with Crippen molar-refractivity contribution < 1.29 is 19.4 Å². The van der Waals surface area contributed by atoms with Crippen molar-refractivity contribution in [1.82, 2.24) is 0 Å². The van der Waals surface area contributed by atoms with Crippen molar-refractivity contribution in [2.24, 2.45) is 0 Å². The van der Waals surface area contributed by atoms with E-state index in [-0.39, 0.29) is 22.9 Å². The van der Waals surface area contributed by atoms with Crippen LogP contribution >= 0.6 is 0 Å². The molecule has 0 saturated carbocycles. The summed E-state index contributed by atoms with van der Waals surface area (Å²) in [6.45, 7) is 9.55. The van der Waals surface area contributed by atoms with Gasteiger partial charge in [0, 0.05) is 16.7 Å². The van der Waals surface area contributed by atoms with Crippen LogP contribution in [0.3, 0.4) is 0 Å². The monoisotopic (exact) mass is 278 g/mol. The highest BCUT2D eigenvalue weighted by Crippen LogP contribution is 2.26. The second-order valence-electron chi connectivity index (χ2n) is 3.41. The van der Waals surface area contributed by atoms with E-state index >= 15 is 0 Å². The molecule has 0 unspecified atom stereocenters. The Balaban J connectivity index is 0.000000829. The normalized spacial score (nSPS) is 12.7. The molecular weight excluding hydrogens is 256 g/mol. The Labute approximate surface area is 120 Å². The van der Waals surface area contributed by atoms with Crippen LogP contribution in [0.2, 0.25) is 0 Å². The summed E-state index contributed by atoms with van der Waals surface area (Å²) in [6.07, 6.45) is 0. The standard InChI is InChI=1S/C12H10O4.2C2H6/c1-7-10(13)8-5-3-4-6-9(8)11(14)12(7)16-15-2;2*1-2/h3-6H,1-2H3;2*1-2H3. The maximum absolute atomic E-state index is 11.9. The summed E-state index contributed by atoms with van der Waals surface area (Å²) in [5.41, 5.74) is 1.03. The fraction of sp³-hybridized carbons (Fsp3) is 0.375. The average Bonchev–Trinajstić information content (AvgIpc) is 2.53. The molecule has 0 heterocycles. The summed E-state index contributed by atoms with van der Waals surface area (Å²) in [5, 5.41) is 0. The molecule has 1 aliphatic carbocycles. The van der Waals surface area contributed by atoms with Crippen molar-refractivity contribution in [3.05, 3.63) is 46.7 Å². The summed E-state index contributed by atoms with van der Waals surface area (Å²) in [5.74, 6) is -0.567. The minimum absolute atomic E-state index is 0.0359. The molecule has 2 rings (SSSR count). The first kappa shape index (κ1) is 18.1. The van der Waals surface area contributed by atoms with E-state index in [2.05, 4.69) is 4.89 Å². The third kappa shape index (κ3) is 3.54. The lowest BCUT2D eigenvalue weighted by Gasteiger charge is -2.16. The number of fused-ring (bicyclic) bond motifs is 1. The highest BCUT2D eigenvalue weighted by atomic mass is 17.2. The molecule has 1 aromatic carbocycles. The molecule has 0 fully saturated rings. The van der Waals surface area contributed by atoms with Crippen molar-refractivity contribution >= 4 is 11.6 Å². The van der Waals surface area contributed by atoms with Crippen molar-refractivity contribution in [3.63, 3.8) is 0 Å². The second-order valence-corrected chi connectivity index (χ2v) is 3.41. The summed E-state index contributed by atoms with van der Waals surface area (Å²) in [6, 6.07) is 6.65. The van der Waals surface area contributed by atoms with Gasteiger partial charge in [-0.2, -0.15) is 4.89 Å². The molecule has 0 amide bonds. The van der Waals surface area contributed by atoms with E-state index in [0.717, 1.165) is 0 Å². The molecule has 0 spiro atoms. The third-order valence-corrected chi connectivity index (χ3v) is 2.47. The number of Topliss-reactive ketones (excluding diaryl/α,β-unsaturated/α-hetero) is 2. The van der Waals surface area contributed by atoms with Gasteiger partial charge in [0.15, 0.2) is 5.78 Å². The SMILES string of the molecule is CC.CC.COOC1=C(C)C(=O)c2ccccc2C1=O. The van der Waals surface area contributed by atoms with E-state index < -0.39 is 0 Å². The summed E-state index contributed by atoms with van der Waals surface area (Å²) < 4.78 is 0. The maximum atomic E-state index is 11.9. The number of hydrogen-bond donors (Lipinski definition) is 0. The van der Waals surface area contributed by atoms with Crippen LogP contribution < -0.4 is 0 Å².